The Bertz CT molecular complexity index is 1530. The van der Waals surface area contributed by atoms with Crippen LogP contribution in [0.5, 0.6) is 0 Å². The van der Waals surface area contributed by atoms with Crippen LogP contribution < -0.4 is 0 Å². The molecule has 0 saturated carbocycles. The van der Waals surface area contributed by atoms with Gasteiger partial charge in [0.1, 0.15) is 0 Å². The Morgan fingerprint density at radius 2 is 1.59 bits per heavy atom. The van der Waals surface area contributed by atoms with Crippen molar-refractivity contribution in [3.8, 4) is 16.8 Å². The van der Waals surface area contributed by atoms with E-state index < -0.39 is 0 Å². The van der Waals surface area contributed by atoms with Crippen LogP contribution >= 0.6 is 11.6 Å². The molecule has 1 amide bonds. The highest BCUT2D eigenvalue weighted by atomic mass is 35.5. The van der Waals surface area contributed by atoms with Crippen LogP contribution in [0.4, 0.5) is 0 Å². The molecule has 0 unspecified atom stereocenters. The normalized spacial score (nSPS) is 13.8. The standard InChI is InChI=1S/C28H23ClN4O/c1-18-25-17-30-26-13-8-21(19-4-9-22(29)10-5-19)16-24(26)27(25)33(31-18)23-11-6-20(7-12-23)28(34)32-14-2-3-15-32/h4-13,16-17H,2-3,14-15H2,1H3. The maximum absolute atomic E-state index is 12.8. The average molecular weight is 467 g/mol. The quantitative estimate of drug-likeness (QED) is 0.307. The first-order valence-corrected chi connectivity index (χ1v) is 11.9. The zero-order valence-electron chi connectivity index (χ0n) is 18.8. The molecule has 1 saturated heterocycles. The van der Waals surface area contributed by atoms with Crippen molar-refractivity contribution in [1.29, 1.82) is 0 Å². The number of fused-ring (bicyclic) bond motifs is 3. The molecule has 6 rings (SSSR count). The Balaban J connectivity index is 1.47. The summed E-state index contributed by atoms with van der Waals surface area (Å²) in [5.74, 6) is 0.104. The lowest BCUT2D eigenvalue weighted by atomic mass is 10.0. The number of benzene rings is 3. The molecule has 1 aliphatic heterocycles. The third kappa shape index (κ3) is 3.53. The highest BCUT2D eigenvalue weighted by Crippen LogP contribution is 2.32. The number of aromatic nitrogens is 3. The number of halogens is 1. The molecule has 0 aliphatic carbocycles. The summed E-state index contributed by atoms with van der Waals surface area (Å²) < 4.78 is 1.96. The fourth-order valence-electron chi connectivity index (χ4n) is 4.78. The predicted molar refractivity (Wildman–Crippen MR) is 137 cm³/mol. The molecule has 2 aromatic heterocycles. The number of aryl methyl sites for hydroxylation is 1. The van der Waals surface area contributed by atoms with E-state index in [-0.39, 0.29) is 5.91 Å². The average Bonchev–Trinajstić information content (AvgIpc) is 3.52. The van der Waals surface area contributed by atoms with Gasteiger partial charge in [-0.1, -0.05) is 29.8 Å². The molecule has 6 heteroatoms. The second-order valence-corrected chi connectivity index (χ2v) is 9.24. The maximum atomic E-state index is 12.8. The van der Waals surface area contributed by atoms with E-state index in [9.17, 15) is 4.79 Å². The van der Waals surface area contributed by atoms with Crippen molar-refractivity contribution >= 4 is 39.3 Å². The topological polar surface area (TPSA) is 51.0 Å². The molecular formula is C28H23ClN4O. The monoisotopic (exact) mass is 466 g/mol. The molecule has 34 heavy (non-hydrogen) atoms. The molecule has 5 nitrogen and oxygen atoms in total. The Morgan fingerprint density at radius 1 is 0.882 bits per heavy atom. The molecule has 1 aliphatic rings. The van der Waals surface area contributed by atoms with E-state index in [0.717, 1.165) is 75.8 Å². The minimum Gasteiger partial charge on any atom is -0.339 e. The van der Waals surface area contributed by atoms with Crippen LogP contribution in [0.25, 0.3) is 38.6 Å². The first kappa shape index (κ1) is 20.9. The zero-order valence-corrected chi connectivity index (χ0v) is 19.6. The maximum Gasteiger partial charge on any atom is 0.253 e. The first-order valence-electron chi connectivity index (χ1n) is 11.5. The third-order valence-corrected chi connectivity index (χ3v) is 6.87. The predicted octanol–water partition coefficient (Wildman–Crippen LogP) is 6.44. The van der Waals surface area contributed by atoms with Crippen molar-refractivity contribution in [2.75, 3.05) is 13.1 Å². The summed E-state index contributed by atoms with van der Waals surface area (Å²) in [5, 5.41) is 7.60. The Labute approximate surface area is 202 Å². The molecule has 0 atom stereocenters. The molecule has 0 N–H and O–H groups in total. The van der Waals surface area contributed by atoms with Crippen molar-refractivity contribution in [1.82, 2.24) is 19.7 Å². The number of carbonyl (C=O) groups excluding carboxylic acids is 1. The van der Waals surface area contributed by atoms with Crippen LogP contribution in [-0.2, 0) is 0 Å². The molecule has 168 valence electrons. The van der Waals surface area contributed by atoms with Crippen molar-refractivity contribution in [2.24, 2.45) is 0 Å². The van der Waals surface area contributed by atoms with Gasteiger partial charge in [0.05, 0.1) is 22.4 Å². The fourth-order valence-corrected chi connectivity index (χ4v) is 4.91. The zero-order chi connectivity index (χ0) is 23.2. The van der Waals surface area contributed by atoms with E-state index in [4.69, 9.17) is 16.7 Å². The van der Waals surface area contributed by atoms with E-state index in [1.165, 1.54) is 0 Å². The summed E-state index contributed by atoms with van der Waals surface area (Å²) in [6, 6.07) is 21.9. The lowest BCUT2D eigenvalue weighted by Gasteiger charge is -2.15. The number of nitrogens with zero attached hydrogens (tertiary/aromatic N) is 4. The number of amides is 1. The lowest BCUT2D eigenvalue weighted by Crippen LogP contribution is -2.27. The second-order valence-electron chi connectivity index (χ2n) is 8.80. The molecule has 0 radical (unpaired) electrons. The molecule has 0 bridgehead atoms. The van der Waals surface area contributed by atoms with Gasteiger partial charge in [-0.2, -0.15) is 5.10 Å². The van der Waals surface area contributed by atoms with Gasteiger partial charge in [-0.25, -0.2) is 4.68 Å². The molecular weight excluding hydrogens is 444 g/mol. The molecule has 3 heterocycles. The molecule has 5 aromatic rings. The lowest BCUT2D eigenvalue weighted by molar-refractivity contribution is 0.0793. The van der Waals surface area contributed by atoms with Gasteiger partial charge in [0.25, 0.3) is 5.91 Å². The summed E-state index contributed by atoms with van der Waals surface area (Å²) in [5.41, 5.74) is 6.66. The number of rotatable bonds is 3. The minimum absolute atomic E-state index is 0.104. The summed E-state index contributed by atoms with van der Waals surface area (Å²) in [4.78, 5) is 19.4. The molecule has 0 spiro atoms. The Kier molecular flexibility index (Phi) is 5.07. The van der Waals surface area contributed by atoms with Crippen LogP contribution in [0, 0.1) is 6.92 Å². The number of hydrogen-bond donors (Lipinski definition) is 0. The van der Waals surface area contributed by atoms with Crippen molar-refractivity contribution < 1.29 is 4.79 Å². The van der Waals surface area contributed by atoms with Gasteiger partial charge in [0, 0.05) is 40.6 Å². The van der Waals surface area contributed by atoms with E-state index in [1.54, 1.807) is 0 Å². The smallest absolute Gasteiger partial charge is 0.253 e. The SMILES string of the molecule is Cc1nn(-c2ccc(C(=O)N3CCCC3)cc2)c2c1cnc1ccc(-c3ccc(Cl)cc3)cc12. The van der Waals surface area contributed by atoms with Gasteiger partial charge in [0.2, 0.25) is 0 Å². The second kappa shape index (κ2) is 8.26. The van der Waals surface area contributed by atoms with Gasteiger partial charge in [0.15, 0.2) is 0 Å². The minimum atomic E-state index is 0.104. The first-order chi connectivity index (χ1) is 16.6. The number of carbonyl (C=O) groups is 1. The molecule has 1 fully saturated rings. The van der Waals surface area contributed by atoms with Gasteiger partial charge >= 0.3 is 0 Å². The number of likely N-dealkylation sites (tertiary alicyclic amines) is 1. The summed E-state index contributed by atoms with van der Waals surface area (Å²) >= 11 is 6.09. The van der Waals surface area contributed by atoms with Crippen molar-refractivity contribution in [3.05, 3.63) is 89.2 Å². The van der Waals surface area contributed by atoms with E-state index >= 15 is 0 Å². The van der Waals surface area contributed by atoms with Gasteiger partial charge in [-0.15, -0.1) is 0 Å². The van der Waals surface area contributed by atoms with Gasteiger partial charge in [-0.3, -0.25) is 9.78 Å². The fraction of sp³-hybridized carbons (Fsp3) is 0.179. The van der Waals surface area contributed by atoms with Gasteiger partial charge < -0.3 is 4.90 Å². The summed E-state index contributed by atoms with van der Waals surface area (Å²) in [6.07, 6.45) is 4.06. The highest BCUT2D eigenvalue weighted by Gasteiger charge is 2.20. The van der Waals surface area contributed by atoms with Crippen LogP contribution in [0.2, 0.25) is 5.02 Å². The number of pyridine rings is 1. The van der Waals surface area contributed by atoms with Gasteiger partial charge in [-0.05, 0) is 79.4 Å². The largest absolute Gasteiger partial charge is 0.339 e. The molecule has 3 aromatic carbocycles. The van der Waals surface area contributed by atoms with Crippen LogP contribution in [0.15, 0.2) is 72.9 Å². The van der Waals surface area contributed by atoms with E-state index in [2.05, 4.69) is 17.1 Å². The van der Waals surface area contributed by atoms with Crippen molar-refractivity contribution in [3.63, 3.8) is 0 Å². The summed E-state index contributed by atoms with van der Waals surface area (Å²) in [7, 11) is 0. The highest BCUT2D eigenvalue weighted by molar-refractivity contribution is 6.30. The third-order valence-electron chi connectivity index (χ3n) is 6.62. The van der Waals surface area contributed by atoms with Crippen molar-refractivity contribution in [2.45, 2.75) is 19.8 Å². The van der Waals surface area contributed by atoms with Crippen LogP contribution in [0.1, 0.15) is 28.9 Å². The number of hydrogen-bond acceptors (Lipinski definition) is 3. The van der Waals surface area contributed by atoms with Crippen LogP contribution in [0.3, 0.4) is 0 Å². The van der Waals surface area contributed by atoms with E-state index in [1.807, 2.05) is 77.3 Å². The van der Waals surface area contributed by atoms with Crippen LogP contribution in [-0.4, -0.2) is 38.7 Å². The summed E-state index contributed by atoms with van der Waals surface area (Å²) in [6.45, 7) is 3.69. The Hall–Kier alpha value is -3.70. The Morgan fingerprint density at radius 3 is 2.32 bits per heavy atom. The van der Waals surface area contributed by atoms with E-state index in [0.29, 0.717) is 5.02 Å².